The Hall–Kier alpha value is -2.96. The minimum atomic E-state index is -3.56. The molecule has 0 bridgehead atoms. The summed E-state index contributed by atoms with van der Waals surface area (Å²) in [4.78, 5) is 70.3. The third kappa shape index (κ3) is 9.53. The number of fused-ring (bicyclic) bond motifs is 3. The van der Waals surface area contributed by atoms with Crippen molar-refractivity contribution in [2.75, 3.05) is 18.8 Å². The van der Waals surface area contributed by atoms with Crippen molar-refractivity contribution in [1.82, 2.24) is 26.2 Å². The fourth-order valence-electron chi connectivity index (χ4n) is 8.60. The number of nitrogens with one attached hydrogen (secondary N) is 4. The number of hydrogen-bond donors (Lipinski definition) is 4. The van der Waals surface area contributed by atoms with Crippen molar-refractivity contribution in [1.29, 1.82) is 0 Å². The highest BCUT2D eigenvalue weighted by atomic mass is 32.2. The van der Waals surface area contributed by atoms with Crippen LogP contribution in [0.1, 0.15) is 125 Å². The van der Waals surface area contributed by atoms with Crippen LogP contribution in [0.5, 0.6) is 0 Å². The predicted molar refractivity (Wildman–Crippen MR) is 197 cm³/mol. The Morgan fingerprint density at radius 2 is 1.55 bits per heavy atom. The van der Waals surface area contributed by atoms with E-state index < -0.39 is 61.9 Å². The number of carbonyl (C=O) groups is 5. The van der Waals surface area contributed by atoms with Crippen molar-refractivity contribution in [3.63, 3.8) is 0 Å². The van der Waals surface area contributed by atoms with E-state index >= 15 is 0 Å². The van der Waals surface area contributed by atoms with Crippen molar-refractivity contribution < 1.29 is 32.4 Å². The minimum Gasteiger partial charge on any atom is -0.346 e. The predicted octanol–water partition coefficient (Wildman–Crippen LogP) is 4.18. The zero-order chi connectivity index (χ0) is 37.8. The number of ketones is 1. The maximum Gasteiger partial charge on any atom is 0.315 e. The van der Waals surface area contributed by atoms with E-state index in [-0.39, 0.29) is 41.4 Å². The summed E-state index contributed by atoms with van der Waals surface area (Å²) in [6.07, 6.45) is 11.3. The zero-order valence-corrected chi connectivity index (χ0v) is 32.6. The van der Waals surface area contributed by atoms with Crippen molar-refractivity contribution in [2.24, 2.45) is 23.2 Å². The van der Waals surface area contributed by atoms with Crippen LogP contribution in [0.15, 0.2) is 12.7 Å². The topological polar surface area (TPSA) is 171 Å². The van der Waals surface area contributed by atoms with Gasteiger partial charge < -0.3 is 26.2 Å². The number of carbonyl (C=O) groups excluding carboxylic acids is 5. The molecule has 51 heavy (non-hydrogen) atoms. The average molecular weight is 734 g/mol. The lowest BCUT2D eigenvalue weighted by Crippen LogP contribution is -2.63. The smallest absolute Gasteiger partial charge is 0.315 e. The van der Waals surface area contributed by atoms with E-state index in [0.29, 0.717) is 38.6 Å². The van der Waals surface area contributed by atoms with Gasteiger partial charge in [0.05, 0.1) is 22.1 Å². The van der Waals surface area contributed by atoms with Gasteiger partial charge in [-0.05, 0) is 69.6 Å². The molecule has 4 rings (SSSR count). The van der Waals surface area contributed by atoms with E-state index in [1.807, 2.05) is 6.92 Å². The molecule has 12 nitrogen and oxygen atoms in total. The fraction of sp³-hybridized carbons (Fsp3) is 0.816. The van der Waals surface area contributed by atoms with Crippen molar-refractivity contribution in [3.05, 3.63) is 12.7 Å². The van der Waals surface area contributed by atoms with Gasteiger partial charge in [0, 0.05) is 13.1 Å². The standard InChI is InChI=1S/C38H63N5O7S/c1-8-22-39-33(46)31(44)27-19-15-12-10-9-11-14-18-25(2)29(34(47)43-23-26-28(37(26,6)7)30(43)32(45)40-27)41-35(48)42-38(20-16-13-17-21-38)24-51(49,50)36(3,4)5/h8,25-30H,1,9-24H2,2-7H3,(H,39,46)(H,40,45)(H2,41,42,48)/t25-,26+,27+,28+,29+,30+/m1/s1. The van der Waals surface area contributed by atoms with Crippen molar-refractivity contribution >= 4 is 39.4 Å². The summed E-state index contributed by atoms with van der Waals surface area (Å²) in [5, 5.41) is 11.4. The molecule has 5 amide bonds. The van der Waals surface area contributed by atoms with Crippen LogP contribution in [0.2, 0.25) is 0 Å². The Morgan fingerprint density at radius 1 is 0.961 bits per heavy atom. The molecule has 2 aliphatic heterocycles. The van der Waals surface area contributed by atoms with Gasteiger partial charge in [-0.1, -0.05) is 84.6 Å². The summed E-state index contributed by atoms with van der Waals surface area (Å²) in [5.74, 6) is -2.83. The van der Waals surface area contributed by atoms with Gasteiger partial charge in [-0.15, -0.1) is 6.58 Å². The molecule has 4 aliphatic rings. The van der Waals surface area contributed by atoms with E-state index in [1.54, 1.807) is 25.7 Å². The molecule has 0 radical (unpaired) electrons. The van der Waals surface area contributed by atoms with Gasteiger partial charge in [0.25, 0.3) is 5.91 Å². The second kappa shape index (κ2) is 16.4. The van der Waals surface area contributed by atoms with Crippen molar-refractivity contribution in [2.45, 2.75) is 153 Å². The summed E-state index contributed by atoms with van der Waals surface area (Å²) >= 11 is 0. The quantitative estimate of drug-likeness (QED) is 0.214. The second-order valence-corrected chi connectivity index (χ2v) is 20.0. The Bertz CT molecular complexity index is 1430. The van der Waals surface area contributed by atoms with E-state index in [9.17, 15) is 32.4 Å². The summed E-state index contributed by atoms with van der Waals surface area (Å²) in [6.45, 7) is 15.1. The molecular weight excluding hydrogens is 671 g/mol. The molecule has 0 aromatic carbocycles. The van der Waals surface area contributed by atoms with Crippen LogP contribution in [0, 0.1) is 23.2 Å². The molecule has 2 aliphatic carbocycles. The molecule has 6 atom stereocenters. The zero-order valence-electron chi connectivity index (χ0n) is 31.8. The second-order valence-electron chi connectivity index (χ2n) is 17.3. The van der Waals surface area contributed by atoms with Crippen LogP contribution in [-0.4, -0.2) is 90.1 Å². The molecule has 2 heterocycles. The number of amides is 5. The molecule has 2 saturated carbocycles. The number of rotatable bonds is 8. The molecule has 13 heteroatoms. The van der Waals surface area contributed by atoms with E-state index in [2.05, 4.69) is 41.7 Å². The Balaban J connectivity index is 1.61. The molecule has 288 valence electrons. The van der Waals surface area contributed by atoms with Crippen molar-refractivity contribution in [3.8, 4) is 0 Å². The Labute approximate surface area is 305 Å². The number of Topliss-reactive ketones (excluding diaryl/α,β-unsaturated/α-hetero) is 1. The SMILES string of the molecule is C=CCNC(=O)C(=O)[C@@H]1CCCCCCCC[C@@H](C)[C@H](NC(=O)NC2(CS(=O)(=O)C(C)(C)C)CCCCC2)C(=O)N2C[C@H]3[C@@H]([C@H]2C(=O)N1)C3(C)C. The van der Waals surface area contributed by atoms with E-state index in [0.717, 1.165) is 51.4 Å². The molecule has 4 fully saturated rings. The lowest BCUT2D eigenvalue weighted by molar-refractivity contribution is -0.144. The molecule has 2 saturated heterocycles. The van der Waals surface area contributed by atoms with Gasteiger partial charge in [0.2, 0.25) is 17.6 Å². The lowest BCUT2D eigenvalue weighted by atomic mass is 9.83. The fourth-order valence-corrected chi connectivity index (χ4v) is 10.1. The van der Waals surface area contributed by atoms with Gasteiger partial charge in [-0.3, -0.25) is 19.2 Å². The van der Waals surface area contributed by atoms with Crippen LogP contribution in [0.4, 0.5) is 4.79 Å². The van der Waals surface area contributed by atoms with E-state index in [4.69, 9.17) is 0 Å². The van der Waals surface area contributed by atoms with E-state index in [1.165, 1.54) is 6.08 Å². The molecule has 0 aromatic rings. The average Bonchev–Trinajstić information content (AvgIpc) is 3.36. The highest BCUT2D eigenvalue weighted by Gasteiger charge is 2.69. The monoisotopic (exact) mass is 733 g/mol. The molecule has 0 spiro atoms. The Morgan fingerprint density at radius 3 is 2.16 bits per heavy atom. The van der Waals surface area contributed by atoms with Crippen LogP contribution in [0.3, 0.4) is 0 Å². The first-order valence-electron chi connectivity index (χ1n) is 19.2. The van der Waals surface area contributed by atoms with Gasteiger partial charge >= 0.3 is 6.03 Å². The number of urea groups is 1. The number of nitrogens with zero attached hydrogens (tertiary/aromatic N) is 1. The normalized spacial score (nSPS) is 30.2. The van der Waals surface area contributed by atoms with Gasteiger partial charge in [0.15, 0.2) is 9.84 Å². The molecular formula is C38H63N5O7S. The van der Waals surface area contributed by atoms with Gasteiger partial charge in [-0.2, -0.15) is 0 Å². The van der Waals surface area contributed by atoms with Gasteiger partial charge in [-0.25, -0.2) is 13.2 Å². The summed E-state index contributed by atoms with van der Waals surface area (Å²) in [7, 11) is -3.56. The maximum absolute atomic E-state index is 14.6. The van der Waals surface area contributed by atoms with Crippen LogP contribution >= 0.6 is 0 Å². The maximum atomic E-state index is 14.6. The summed E-state index contributed by atoms with van der Waals surface area (Å²) in [5.41, 5.74) is -1.14. The first kappa shape index (κ1) is 40.8. The summed E-state index contributed by atoms with van der Waals surface area (Å²) in [6, 6.07) is -3.42. The largest absolute Gasteiger partial charge is 0.346 e. The van der Waals surface area contributed by atoms with Crippen LogP contribution < -0.4 is 21.3 Å². The van der Waals surface area contributed by atoms with Crippen LogP contribution in [0.25, 0.3) is 0 Å². The number of sulfone groups is 1. The molecule has 0 unspecified atom stereocenters. The molecule has 0 aromatic heterocycles. The lowest BCUT2D eigenvalue weighted by Gasteiger charge is -2.40. The third-order valence-corrected chi connectivity index (χ3v) is 14.9. The third-order valence-electron chi connectivity index (χ3n) is 12.1. The first-order valence-corrected chi connectivity index (χ1v) is 20.9. The number of hydrogen-bond acceptors (Lipinski definition) is 7. The van der Waals surface area contributed by atoms with Crippen LogP contribution in [-0.2, 0) is 29.0 Å². The van der Waals surface area contributed by atoms with Gasteiger partial charge in [0.1, 0.15) is 12.1 Å². The minimum absolute atomic E-state index is 0.0715. The first-order chi connectivity index (χ1) is 23.8. The highest BCUT2D eigenvalue weighted by molar-refractivity contribution is 7.92. The molecule has 4 N–H and O–H groups in total. The summed E-state index contributed by atoms with van der Waals surface area (Å²) < 4.78 is 25.8. The highest BCUT2D eigenvalue weighted by Crippen LogP contribution is 2.65. The number of piperidine rings is 1. The Kier molecular flexibility index (Phi) is 13.1.